The van der Waals surface area contributed by atoms with Crippen molar-refractivity contribution in [2.45, 2.75) is 26.0 Å². The largest absolute Gasteiger partial charge is 0.497 e. The Hall–Kier alpha value is -3.06. The summed E-state index contributed by atoms with van der Waals surface area (Å²) >= 11 is 5.90. The first-order chi connectivity index (χ1) is 14.0. The summed E-state index contributed by atoms with van der Waals surface area (Å²) in [5, 5.41) is 4.60. The molecule has 152 valence electrons. The summed E-state index contributed by atoms with van der Waals surface area (Å²) in [5.41, 5.74) is 0.783. The van der Waals surface area contributed by atoms with Crippen LogP contribution in [0.4, 0.5) is 0 Å². The number of aromatic nitrogens is 2. The normalized spacial score (nSPS) is 11.7. The molecule has 1 atom stereocenters. The number of nitrogens with zero attached hydrogens (tertiary/aromatic N) is 3. The Kier molecular flexibility index (Phi) is 6.72. The number of carbonyl (C=O) groups is 1. The van der Waals surface area contributed by atoms with Crippen molar-refractivity contribution in [3.63, 3.8) is 0 Å². The van der Waals surface area contributed by atoms with Gasteiger partial charge in [0.2, 0.25) is 11.7 Å². The lowest BCUT2D eigenvalue weighted by molar-refractivity contribution is -0.138. The second-order valence-corrected chi connectivity index (χ2v) is 6.84. The molecule has 2 aromatic carbocycles. The molecule has 1 heterocycles. The Balaban J connectivity index is 1.65. The fourth-order valence-corrected chi connectivity index (χ4v) is 2.84. The number of hydrogen-bond donors (Lipinski definition) is 0. The van der Waals surface area contributed by atoms with Crippen LogP contribution in [0.2, 0.25) is 5.02 Å². The van der Waals surface area contributed by atoms with Crippen molar-refractivity contribution in [3.05, 3.63) is 59.4 Å². The molecular weight excluding hydrogens is 394 g/mol. The maximum atomic E-state index is 12.8. The first-order valence-corrected chi connectivity index (χ1v) is 9.52. The second-order valence-electron chi connectivity index (χ2n) is 6.41. The monoisotopic (exact) mass is 415 g/mol. The smallest absolute Gasteiger partial charge is 0.263 e. The number of benzene rings is 2. The van der Waals surface area contributed by atoms with Gasteiger partial charge in [-0.05, 0) is 42.8 Å². The lowest BCUT2D eigenvalue weighted by atomic mass is 10.2. The van der Waals surface area contributed by atoms with Crippen LogP contribution in [0.25, 0.3) is 11.4 Å². The zero-order chi connectivity index (χ0) is 20.8. The van der Waals surface area contributed by atoms with E-state index in [2.05, 4.69) is 10.1 Å². The highest BCUT2D eigenvalue weighted by molar-refractivity contribution is 6.30. The highest BCUT2D eigenvalue weighted by Crippen LogP contribution is 2.22. The van der Waals surface area contributed by atoms with Gasteiger partial charge in [-0.1, -0.05) is 29.7 Å². The summed E-state index contributed by atoms with van der Waals surface area (Å²) in [6, 6.07) is 14.3. The van der Waals surface area contributed by atoms with Crippen LogP contribution < -0.4 is 9.47 Å². The van der Waals surface area contributed by atoms with Gasteiger partial charge in [-0.2, -0.15) is 4.98 Å². The van der Waals surface area contributed by atoms with Gasteiger partial charge < -0.3 is 18.9 Å². The van der Waals surface area contributed by atoms with Gasteiger partial charge in [0.25, 0.3) is 5.91 Å². The van der Waals surface area contributed by atoms with Gasteiger partial charge >= 0.3 is 0 Å². The molecule has 3 aromatic rings. The molecule has 0 aliphatic rings. The van der Waals surface area contributed by atoms with Crippen LogP contribution in [0.1, 0.15) is 19.2 Å². The zero-order valence-corrected chi connectivity index (χ0v) is 17.2. The van der Waals surface area contributed by atoms with E-state index in [1.165, 1.54) is 4.90 Å². The number of hydrogen-bond acceptors (Lipinski definition) is 6. The molecule has 3 rings (SSSR count). The predicted octanol–water partition coefficient (Wildman–Crippen LogP) is 4.21. The number of ether oxygens (including phenoxy) is 2. The van der Waals surface area contributed by atoms with E-state index in [1.54, 1.807) is 50.6 Å². The average molecular weight is 416 g/mol. The number of rotatable bonds is 8. The standard InChI is InChI=1S/C21H22ClN3O4/c1-4-18(28-17-7-5-6-16(12-17)27-3)21(26)25(2)13-19-23-20(24-29-19)14-8-10-15(22)11-9-14/h5-12,18H,4,13H2,1-3H3/t18-/m1/s1. The topological polar surface area (TPSA) is 77.7 Å². The van der Waals surface area contributed by atoms with Crippen LogP contribution in [0, 0.1) is 0 Å². The molecule has 0 saturated carbocycles. The van der Waals surface area contributed by atoms with Gasteiger partial charge in [0.05, 0.1) is 13.7 Å². The number of halogens is 1. The Bertz CT molecular complexity index is 959. The molecule has 0 aliphatic heterocycles. The fourth-order valence-electron chi connectivity index (χ4n) is 2.71. The molecule has 0 saturated heterocycles. The molecule has 0 aliphatic carbocycles. The molecule has 0 radical (unpaired) electrons. The van der Waals surface area contributed by atoms with Gasteiger partial charge in [-0.3, -0.25) is 4.79 Å². The maximum Gasteiger partial charge on any atom is 0.263 e. The van der Waals surface area contributed by atoms with E-state index < -0.39 is 6.10 Å². The number of carbonyl (C=O) groups excluding carboxylic acids is 1. The summed E-state index contributed by atoms with van der Waals surface area (Å²) in [6.07, 6.45) is -0.119. The minimum atomic E-state index is -0.634. The van der Waals surface area contributed by atoms with Crippen LogP contribution in [0.3, 0.4) is 0 Å². The van der Waals surface area contributed by atoms with Gasteiger partial charge in [0.1, 0.15) is 11.5 Å². The summed E-state index contributed by atoms with van der Waals surface area (Å²) < 4.78 is 16.3. The Morgan fingerprint density at radius 3 is 2.62 bits per heavy atom. The lowest BCUT2D eigenvalue weighted by Gasteiger charge is -2.22. The van der Waals surface area contributed by atoms with E-state index in [9.17, 15) is 4.79 Å². The molecule has 8 heteroatoms. The Morgan fingerprint density at radius 1 is 1.21 bits per heavy atom. The average Bonchev–Trinajstić information content (AvgIpc) is 3.20. The van der Waals surface area contributed by atoms with E-state index in [0.29, 0.717) is 34.7 Å². The Labute approximate surface area is 174 Å². The summed E-state index contributed by atoms with van der Waals surface area (Å²) in [7, 11) is 3.25. The van der Waals surface area contributed by atoms with Crippen LogP contribution in [-0.2, 0) is 11.3 Å². The van der Waals surface area contributed by atoms with Crippen molar-refractivity contribution >= 4 is 17.5 Å². The van der Waals surface area contributed by atoms with E-state index in [1.807, 2.05) is 19.1 Å². The summed E-state index contributed by atoms with van der Waals surface area (Å²) in [4.78, 5) is 18.7. The van der Waals surface area contributed by atoms with E-state index in [0.717, 1.165) is 5.56 Å². The lowest BCUT2D eigenvalue weighted by Crippen LogP contribution is -2.39. The van der Waals surface area contributed by atoms with Gasteiger partial charge in [0, 0.05) is 23.7 Å². The Morgan fingerprint density at radius 2 is 1.93 bits per heavy atom. The van der Waals surface area contributed by atoms with Crippen molar-refractivity contribution in [2.75, 3.05) is 14.2 Å². The van der Waals surface area contributed by atoms with Crippen molar-refractivity contribution in [1.82, 2.24) is 15.0 Å². The van der Waals surface area contributed by atoms with Crippen molar-refractivity contribution in [1.29, 1.82) is 0 Å². The predicted molar refractivity (Wildman–Crippen MR) is 109 cm³/mol. The van der Waals surface area contributed by atoms with Crippen molar-refractivity contribution in [2.24, 2.45) is 0 Å². The molecule has 0 fully saturated rings. The van der Waals surface area contributed by atoms with E-state index in [-0.39, 0.29) is 12.5 Å². The van der Waals surface area contributed by atoms with Crippen LogP contribution in [0.5, 0.6) is 11.5 Å². The summed E-state index contributed by atoms with van der Waals surface area (Å²) in [6.45, 7) is 2.07. The maximum absolute atomic E-state index is 12.8. The van der Waals surface area contributed by atoms with Crippen LogP contribution in [-0.4, -0.2) is 41.2 Å². The van der Waals surface area contributed by atoms with Gasteiger partial charge in [-0.25, -0.2) is 0 Å². The molecular formula is C21H22ClN3O4. The molecule has 1 amide bonds. The molecule has 29 heavy (non-hydrogen) atoms. The number of methoxy groups -OCH3 is 1. The van der Waals surface area contributed by atoms with Gasteiger partial charge in [-0.15, -0.1) is 0 Å². The van der Waals surface area contributed by atoms with E-state index in [4.69, 9.17) is 25.6 Å². The van der Waals surface area contributed by atoms with Crippen LogP contribution >= 0.6 is 11.6 Å². The van der Waals surface area contributed by atoms with Crippen molar-refractivity contribution in [3.8, 4) is 22.9 Å². The highest BCUT2D eigenvalue weighted by atomic mass is 35.5. The minimum absolute atomic E-state index is 0.178. The molecule has 7 nitrogen and oxygen atoms in total. The number of amides is 1. The SMILES string of the molecule is CC[C@@H](Oc1cccc(OC)c1)C(=O)N(C)Cc1nc(-c2ccc(Cl)cc2)no1. The molecule has 1 aromatic heterocycles. The summed E-state index contributed by atoms with van der Waals surface area (Å²) in [5.74, 6) is 1.83. The quantitative estimate of drug-likeness (QED) is 0.548. The third-order valence-corrected chi connectivity index (χ3v) is 4.54. The molecule has 0 unspecified atom stereocenters. The third-order valence-electron chi connectivity index (χ3n) is 4.28. The first kappa shape index (κ1) is 20.7. The van der Waals surface area contributed by atoms with Gasteiger partial charge in [0.15, 0.2) is 6.10 Å². The zero-order valence-electron chi connectivity index (χ0n) is 16.5. The first-order valence-electron chi connectivity index (χ1n) is 9.14. The molecule has 0 bridgehead atoms. The van der Waals surface area contributed by atoms with Crippen molar-refractivity contribution < 1.29 is 18.8 Å². The molecule has 0 spiro atoms. The fraction of sp³-hybridized carbons (Fsp3) is 0.286. The highest BCUT2D eigenvalue weighted by Gasteiger charge is 2.24. The number of likely N-dealkylation sites (N-methyl/N-ethyl adjacent to an activating group) is 1. The molecule has 0 N–H and O–H groups in total. The van der Waals surface area contributed by atoms with Crippen LogP contribution in [0.15, 0.2) is 53.1 Å². The van der Waals surface area contributed by atoms with E-state index >= 15 is 0 Å². The third kappa shape index (κ3) is 5.26. The minimum Gasteiger partial charge on any atom is -0.497 e. The second kappa shape index (κ2) is 9.43.